The number of aliphatic hydroxyl groups is 1. The Kier molecular flexibility index (Phi) is 3.28. The lowest BCUT2D eigenvalue weighted by Gasteiger charge is -2.18. The van der Waals surface area contributed by atoms with Crippen molar-refractivity contribution in [2.24, 2.45) is 0 Å². The summed E-state index contributed by atoms with van der Waals surface area (Å²) < 4.78 is 0. The molecule has 1 atom stereocenters. The molecule has 19 heavy (non-hydrogen) atoms. The molecule has 0 aromatic carbocycles. The summed E-state index contributed by atoms with van der Waals surface area (Å²) in [5, 5.41) is 13.8. The van der Waals surface area contributed by atoms with Gasteiger partial charge < -0.3 is 15.3 Å². The Hall–Kier alpha value is -1.40. The van der Waals surface area contributed by atoms with Crippen LogP contribution in [0.4, 0.5) is 11.8 Å². The number of anilines is 2. The second-order valence-corrected chi connectivity index (χ2v) is 5.91. The summed E-state index contributed by atoms with van der Waals surface area (Å²) >= 11 is 1.72. The van der Waals surface area contributed by atoms with Crippen molar-refractivity contribution < 1.29 is 5.11 Å². The zero-order chi connectivity index (χ0) is 13.4. The molecule has 3 rings (SSSR count). The Bertz CT molecular complexity index is 598. The lowest BCUT2D eigenvalue weighted by Crippen LogP contribution is -2.22. The highest BCUT2D eigenvalue weighted by atomic mass is 32.1. The molecule has 0 bridgehead atoms. The van der Waals surface area contributed by atoms with Gasteiger partial charge in [-0.3, -0.25) is 0 Å². The first-order valence-corrected chi connectivity index (χ1v) is 7.44. The highest BCUT2D eigenvalue weighted by molar-refractivity contribution is 7.18. The summed E-state index contributed by atoms with van der Waals surface area (Å²) in [6, 6.07) is 2.18. The molecule has 0 radical (unpaired) electrons. The van der Waals surface area contributed by atoms with Gasteiger partial charge in [-0.1, -0.05) is 6.92 Å². The van der Waals surface area contributed by atoms with Crippen LogP contribution in [0.1, 0.15) is 18.2 Å². The van der Waals surface area contributed by atoms with E-state index in [4.69, 9.17) is 0 Å². The summed E-state index contributed by atoms with van der Waals surface area (Å²) in [6.45, 7) is 3.66. The van der Waals surface area contributed by atoms with E-state index in [1.807, 2.05) is 7.05 Å². The van der Waals surface area contributed by atoms with E-state index in [9.17, 15) is 5.11 Å². The minimum atomic E-state index is -0.243. The summed E-state index contributed by atoms with van der Waals surface area (Å²) in [7, 11) is 1.83. The van der Waals surface area contributed by atoms with Crippen molar-refractivity contribution in [3.8, 4) is 0 Å². The van der Waals surface area contributed by atoms with Crippen molar-refractivity contribution >= 4 is 33.3 Å². The first-order chi connectivity index (χ1) is 9.21. The monoisotopic (exact) mass is 278 g/mol. The second-order valence-electron chi connectivity index (χ2n) is 4.79. The molecule has 0 spiro atoms. The molecule has 0 saturated carbocycles. The number of hydrogen-bond donors (Lipinski definition) is 2. The maximum Gasteiger partial charge on any atom is 0.225 e. The Balaban J connectivity index is 2.12. The Labute approximate surface area is 116 Å². The third-order valence-corrected chi connectivity index (χ3v) is 4.63. The molecule has 1 aliphatic heterocycles. The molecule has 3 heterocycles. The van der Waals surface area contributed by atoms with Crippen molar-refractivity contribution in [1.82, 2.24) is 9.97 Å². The minimum absolute atomic E-state index is 0.243. The molecule has 1 saturated heterocycles. The molecule has 6 heteroatoms. The second kappa shape index (κ2) is 4.94. The number of nitrogens with zero attached hydrogens (tertiary/aromatic N) is 3. The van der Waals surface area contributed by atoms with Crippen LogP contribution >= 0.6 is 11.3 Å². The van der Waals surface area contributed by atoms with Crippen molar-refractivity contribution in [2.75, 3.05) is 30.4 Å². The summed E-state index contributed by atoms with van der Waals surface area (Å²) in [6.07, 6.45) is 1.58. The molecule has 1 unspecified atom stereocenters. The molecular formula is C13H18N4OS. The van der Waals surface area contributed by atoms with Crippen LogP contribution in [0.3, 0.4) is 0 Å². The quantitative estimate of drug-likeness (QED) is 0.897. The molecular weight excluding hydrogens is 260 g/mol. The van der Waals surface area contributed by atoms with Crippen molar-refractivity contribution in [2.45, 2.75) is 25.9 Å². The van der Waals surface area contributed by atoms with Crippen LogP contribution < -0.4 is 10.2 Å². The fourth-order valence-corrected chi connectivity index (χ4v) is 3.38. The average Bonchev–Trinajstić information content (AvgIpc) is 3.02. The fraction of sp³-hybridized carbons (Fsp3) is 0.538. The highest BCUT2D eigenvalue weighted by Crippen LogP contribution is 2.33. The van der Waals surface area contributed by atoms with E-state index in [0.717, 1.165) is 35.4 Å². The molecule has 0 amide bonds. The molecule has 5 nitrogen and oxygen atoms in total. The number of rotatable bonds is 3. The predicted molar refractivity (Wildman–Crippen MR) is 79.2 cm³/mol. The van der Waals surface area contributed by atoms with Gasteiger partial charge in [-0.15, -0.1) is 11.3 Å². The van der Waals surface area contributed by atoms with Gasteiger partial charge in [0.2, 0.25) is 5.95 Å². The number of nitrogens with one attached hydrogen (secondary N) is 1. The number of aryl methyl sites for hydroxylation is 1. The zero-order valence-electron chi connectivity index (χ0n) is 11.2. The molecule has 102 valence electrons. The van der Waals surface area contributed by atoms with E-state index in [0.29, 0.717) is 12.5 Å². The van der Waals surface area contributed by atoms with Gasteiger partial charge in [-0.05, 0) is 18.9 Å². The summed E-state index contributed by atoms with van der Waals surface area (Å²) in [5.74, 6) is 1.59. The Morgan fingerprint density at radius 1 is 1.53 bits per heavy atom. The van der Waals surface area contributed by atoms with Crippen LogP contribution in [0.5, 0.6) is 0 Å². The van der Waals surface area contributed by atoms with Crippen LogP contribution in [-0.2, 0) is 6.42 Å². The maximum atomic E-state index is 9.71. The van der Waals surface area contributed by atoms with Gasteiger partial charge in [0.15, 0.2) is 0 Å². The molecule has 1 aliphatic rings. The summed E-state index contributed by atoms with van der Waals surface area (Å²) in [5.41, 5.74) is 0. The molecule has 1 fully saturated rings. The van der Waals surface area contributed by atoms with Gasteiger partial charge in [0.1, 0.15) is 10.6 Å². The first kappa shape index (κ1) is 12.6. The topological polar surface area (TPSA) is 61.3 Å². The van der Waals surface area contributed by atoms with Gasteiger partial charge in [0.25, 0.3) is 0 Å². The van der Waals surface area contributed by atoms with Gasteiger partial charge >= 0.3 is 0 Å². The lowest BCUT2D eigenvalue weighted by atomic mass is 10.3. The van der Waals surface area contributed by atoms with Crippen molar-refractivity contribution in [3.63, 3.8) is 0 Å². The Morgan fingerprint density at radius 2 is 2.37 bits per heavy atom. The molecule has 2 aromatic heterocycles. The van der Waals surface area contributed by atoms with Gasteiger partial charge in [-0.2, -0.15) is 4.98 Å². The van der Waals surface area contributed by atoms with Crippen LogP contribution in [-0.4, -0.2) is 41.3 Å². The van der Waals surface area contributed by atoms with E-state index < -0.39 is 0 Å². The van der Waals surface area contributed by atoms with Gasteiger partial charge in [0.05, 0.1) is 11.5 Å². The number of hydrogen-bond acceptors (Lipinski definition) is 6. The SMILES string of the molecule is CCc1cc2c(N3CCC(O)C3)nc(NC)nc2s1. The summed E-state index contributed by atoms with van der Waals surface area (Å²) in [4.78, 5) is 13.6. The standard InChI is InChI=1S/C13H18N4OS/c1-3-9-6-10-11(17-5-4-8(18)7-17)15-13(14-2)16-12(10)19-9/h6,8,18H,3-5,7H2,1-2H3,(H,14,15,16). The minimum Gasteiger partial charge on any atom is -0.391 e. The number of aromatic nitrogens is 2. The maximum absolute atomic E-state index is 9.71. The molecule has 2 aromatic rings. The first-order valence-electron chi connectivity index (χ1n) is 6.62. The van der Waals surface area contributed by atoms with Crippen LogP contribution in [0, 0.1) is 0 Å². The molecule has 0 aliphatic carbocycles. The largest absolute Gasteiger partial charge is 0.391 e. The van der Waals surface area contributed by atoms with Crippen molar-refractivity contribution in [3.05, 3.63) is 10.9 Å². The zero-order valence-corrected chi connectivity index (χ0v) is 12.0. The smallest absolute Gasteiger partial charge is 0.225 e. The molecule has 2 N–H and O–H groups in total. The van der Waals surface area contributed by atoms with Crippen LogP contribution in [0.15, 0.2) is 6.07 Å². The van der Waals surface area contributed by atoms with E-state index in [2.05, 4.69) is 33.2 Å². The van der Waals surface area contributed by atoms with Crippen LogP contribution in [0.2, 0.25) is 0 Å². The number of thiophene rings is 1. The highest BCUT2D eigenvalue weighted by Gasteiger charge is 2.24. The third-order valence-electron chi connectivity index (χ3n) is 3.46. The van der Waals surface area contributed by atoms with Crippen LogP contribution in [0.25, 0.3) is 10.2 Å². The number of β-amino-alcohol motifs (C(OH)–C–C–N with tert-alkyl or cyclic N) is 1. The van der Waals surface area contributed by atoms with E-state index in [-0.39, 0.29) is 6.10 Å². The predicted octanol–water partition coefficient (Wildman–Crippen LogP) is 1.87. The van der Waals surface area contributed by atoms with Gasteiger partial charge in [0, 0.05) is 25.0 Å². The third kappa shape index (κ3) is 2.26. The average molecular weight is 278 g/mol. The lowest BCUT2D eigenvalue weighted by molar-refractivity contribution is 0.198. The van der Waals surface area contributed by atoms with E-state index in [1.54, 1.807) is 11.3 Å². The Morgan fingerprint density at radius 3 is 3.00 bits per heavy atom. The normalized spacial score (nSPS) is 19.3. The number of aliphatic hydroxyl groups excluding tert-OH is 1. The van der Waals surface area contributed by atoms with Gasteiger partial charge in [-0.25, -0.2) is 4.98 Å². The number of fused-ring (bicyclic) bond motifs is 1. The fourth-order valence-electron chi connectivity index (χ4n) is 2.42. The van der Waals surface area contributed by atoms with Crippen molar-refractivity contribution in [1.29, 1.82) is 0 Å². The van der Waals surface area contributed by atoms with E-state index >= 15 is 0 Å². The van der Waals surface area contributed by atoms with E-state index in [1.165, 1.54) is 4.88 Å².